The molecule has 0 aliphatic carbocycles. The van der Waals surface area contributed by atoms with Crippen molar-refractivity contribution < 1.29 is 14.6 Å². The number of ether oxygens (including phenoxy) is 1. The van der Waals surface area contributed by atoms with Crippen LogP contribution < -0.4 is 0 Å². The van der Waals surface area contributed by atoms with E-state index in [-0.39, 0.29) is 6.10 Å². The van der Waals surface area contributed by atoms with Crippen molar-refractivity contribution in [1.29, 1.82) is 5.26 Å². The zero-order valence-electron chi connectivity index (χ0n) is 8.53. The molecule has 80 valence electrons. The first-order chi connectivity index (χ1) is 6.70. The van der Waals surface area contributed by atoms with Gasteiger partial charge in [0, 0.05) is 6.42 Å². The Morgan fingerprint density at radius 3 is 2.64 bits per heavy atom. The van der Waals surface area contributed by atoms with E-state index in [2.05, 4.69) is 0 Å². The number of nitrogens with zero attached hydrogens (tertiary/aromatic N) is 1. The second-order valence-corrected chi connectivity index (χ2v) is 3.20. The first kappa shape index (κ1) is 12.8. The molecule has 0 aromatic carbocycles. The second kappa shape index (κ2) is 8.36. The molecule has 0 aliphatic rings. The lowest BCUT2D eigenvalue weighted by Gasteiger charge is -2.14. The van der Waals surface area contributed by atoms with Gasteiger partial charge in [0.05, 0.1) is 6.07 Å². The van der Waals surface area contributed by atoms with Crippen LogP contribution in [0, 0.1) is 11.3 Å². The number of carbonyl (C=O) groups is 1. The molecule has 14 heavy (non-hydrogen) atoms. The van der Waals surface area contributed by atoms with Gasteiger partial charge in [0.15, 0.2) is 0 Å². The molecule has 0 rings (SSSR count). The molecule has 1 atom stereocenters. The van der Waals surface area contributed by atoms with Gasteiger partial charge in [0.25, 0.3) is 0 Å². The van der Waals surface area contributed by atoms with Crippen LogP contribution in [0.2, 0.25) is 0 Å². The second-order valence-electron chi connectivity index (χ2n) is 3.20. The maximum Gasteiger partial charge on any atom is 0.506 e. The van der Waals surface area contributed by atoms with E-state index in [0.717, 1.165) is 19.3 Å². The van der Waals surface area contributed by atoms with E-state index < -0.39 is 6.16 Å². The molecular weight excluding hydrogens is 182 g/mol. The normalized spacial score (nSPS) is 11.7. The summed E-state index contributed by atoms with van der Waals surface area (Å²) in [5.74, 6) is 0. The molecule has 4 nitrogen and oxygen atoms in total. The van der Waals surface area contributed by atoms with Crippen molar-refractivity contribution in [2.75, 3.05) is 0 Å². The van der Waals surface area contributed by atoms with Crippen LogP contribution in [-0.2, 0) is 4.74 Å². The average Bonchev–Trinajstić information content (AvgIpc) is 2.13. The summed E-state index contributed by atoms with van der Waals surface area (Å²) in [6.45, 7) is 2.05. The molecule has 0 radical (unpaired) electrons. The smallest absolute Gasteiger partial charge is 0.450 e. The quantitative estimate of drug-likeness (QED) is 0.505. The van der Waals surface area contributed by atoms with Crippen LogP contribution in [-0.4, -0.2) is 17.4 Å². The molecule has 0 bridgehead atoms. The fraction of sp³-hybridized carbons (Fsp3) is 0.800. The van der Waals surface area contributed by atoms with E-state index in [1.807, 2.05) is 13.0 Å². The SMILES string of the molecule is CCCCC(CCCC#N)OC(=O)O. The Bertz CT molecular complexity index is 198. The lowest BCUT2D eigenvalue weighted by atomic mass is 10.1. The van der Waals surface area contributed by atoms with Gasteiger partial charge in [-0.1, -0.05) is 19.8 Å². The minimum Gasteiger partial charge on any atom is -0.450 e. The third-order valence-corrected chi connectivity index (χ3v) is 1.96. The zero-order valence-corrected chi connectivity index (χ0v) is 8.53. The molecule has 0 aliphatic heterocycles. The molecule has 1 N–H and O–H groups in total. The van der Waals surface area contributed by atoms with E-state index in [4.69, 9.17) is 15.1 Å². The van der Waals surface area contributed by atoms with Gasteiger partial charge in [-0.2, -0.15) is 5.26 Å². The molecular formula is C10H17NO3. The maximum atomic E-state index is 10.3. The Hall–Kier alpha value is -1.24. The van der Waals surface area contributed by atoms with Gasteiger partial charge < -0.3 is 9.84 Å². The molecule has 0 saturated carbocycles. The molecule has 4 heteroatoms. The number of nitriles is 1. The van der Waals surface area contributed by atoms with Crippen molar-refractivity contribution in [3.05, 3.63) is 0 Å². The molecule has 0 spiro atoms. The predicted molar refractivity (Wildman–Crippen MR) is 51.9 cm³/mol. The van der Waals surface area contributed by atoms with E-state index in [0.29, 0.717) is 19.3 Å². The standard InChI is InChI=1S/C10H17NO3/c1-2-3-6-9(14-10(12)13)7-4-5-8-11/h9H,2-7H2,1H3,(H,12,13). The van der Waals surface area contributed by atoms with E-state index in [1.165, 1.54) is 0 Å². The number of unbranched alkanes of at least 4 members (excludes halogenated alkanes) is 2. The summed E-state index contributed by atoms with van der Waals surface area (Å²) in [7, 11) is 0. The molecule has 0 fully saturated rings. The van der Waals surface area contributed by atoms with Gasteiger partial charge in [-0.25, -0.2) is 4.79 Å². The largest absolute Gasteiger partial charge is 0.506 e. The highest BCUT2D eigenvalue weighted by atomic mass is 16.7. The Balaban J connectivity index is 3.73. The van der Waals surface area contributed by atoms with Crippen molar-refractivity contribution in [1.82, 2.24) is 0 Å². The fourth-order valence-electron chi connectivity index (χ4n) is 1.25. The van der Waals surface area contributed by atoms with Gasteiger partial charge in [0.1, 0.15) is 6.10 Å². The van der Waals surface area contributed by atoms with E-state index >= 15 is 0 Å². The maximum absolute atomic E-state index is 10.3. The topological polar surface area (TPSA) is 70.3 Å². The van der Waals surface area contributed by atoms with E-state index in [9.17, 15) is 4.79 Å². The third kappa shape index (κ3) is 7.41. The van der Waals surface area contributed by atoms with Crippen LogP contribution in [0.25, 0.3) is 0 Å². The van der Waals surface area contributed by atoms with E-state index in [1.54, 1.807) is 0 Å². The summed E-state index contributed by atoms with van der Waals surface area (Å²) >= 11 is 0. The molecule has 0 saturated heterocycles. The zero-order chi connectivity index (χ0) is 10.8. The summed E-state index contributed by atoms with van der Waals surface area (Å²) in [6, 6.07) is 2.03. The number of rotatable bonds is 7. The fourth-order valence-corrected chi connectivity index (χ4v) is 1.25. The van der Waals surface area contributed by atoms with Crippen LogP contribution in [0.15, 0.2) is 0 Å². The predicted octanol–water partition coefficient (Wildman–Crippen LogP) is 2.93. The first-order valence-corrected chi connectivity index (χ1v) is 4.97. The third-order valence-electron chi connectivity index (χ3n) is 1.96. The van der Waals surface area contributed by atoms with Gasteiger partial charge >= 0.3 is 6.16 Å². The van der Waals surface area contributed by atoms with Crippen molar-refractivity contribution in [2.24, 2.45) is 0 Å². The first-order valence-electron chi connectivity index (χ1n) is 4.97. The molecule has 0 aromatic rings. The van der Waals surface area contributed by atoms with Crippen molar-refractivity contribution in [3.8, 4) is 6.07 Å². The van der Waals surface area contributed by atoms with Crippen LogP contribution >= 0.6 is 0 Å². The highest BCUT2D eigenvalue weighted by Crippen LogP contribution is 2.12. The number of carboxylic acid groups (broad SMARTS) is 1. The lowest BCUT2D eigenvalue weighted by Crippen LogP contribution is -2.16. The Morgan fingerprint density at radius 2 is 2.14 bits per heavy atom. The summed E-state index contributed by atoms with van der Waals surface area (Å²) in [4.78, 5) is 10.3. The Morgan fingerprint density at radius 1 is 1.50 bits per heavy atom. The van der Waals surface area contributed by atoms with Crippen LogP contribution in [0.5, 0.6) is 0 Å². The molecule has 1 unspecified atom stereocenters. The summed E-state index contributed by atoms with van der Waals surface area (Å²) in [5.41, 5.74) is 0. The van der Waals surface area contributed by atoms with Crippen molar-refractivity contribution in [2.45, 2.75) is 51.6 Å². The van der Waals surface area contributed by atoms with Crippen molar-refractivity contribution in [3.63, 3.8) is 0 Å². The highest BCUT2D eigenvalue weighted by molar-refractivity contribution is 5.57. The van der Waals surface area contributed by atoms with Gasteiger partial charge in [0.2, 0.25) is 0 Å². The Labute approximate surface area is 84.5 Å². The molecule has 0 heterocycles. The molecule has 0 amide bonds. The lowest BCUT2D eigenvalue weighted by molar-refractivity contribution is 0.0429. The van der Waals surface area contributed by atoms with Gasteiger partial charge in [-0.15, -0.1) is 0 Å². The van der Waals surface area contributed by atoms with Gasteiger partial charge in [-0.05, 0) is 19.3 Å². The Kier molecular flexibility index (Phi) is 7.62. The number of hydrogen-bond acceptors (Lipinski definition) is 3. The van der Waals surface area contributed by atoms with Crippen LogP contribution in [0.1, 0.15) is 45.4 Å². The molecule has 0 aromatic heterocycles. The average molecular weight is 199 g/mol. The summed E-state index contributed by atoms with van der Waals surface area (Å²) < 4.78 is 4.71. The highest BCUT2D eigenvalue weighted by Gasteiger charge is 2.12. The summed E-state index contributed by atoms with van der Waals surface area (Å²) in [5, 5.41) is 16.8. The van der Waals surface area contributed by atoms with Crippen LogP contribution in [0.3, 0.4) is 0 Å². The van der Waals surface area contributed by atoms with Crippen molar-refractivity contribution >= 4 is 6.16 Å². The summed E-state index contributed by atoms with van der Waals surface area (Å²) in [6.07, 6.45) is 3.11. The monoisotopic (exact) mass is 199 g/mol. The van der Waals surface area contributed by atoms with Crippen LogP contribution in [0.4, 0.5) is 4.79 Å². The van der Waals surface area contributed by atoms with Gasteiger partial charge in [-0.3, -0.25) is 0 Å². The number of hydrogen-bond donors (Lipinski definition) is 1. The minimum absolute atomic E-state index is 0.235. The minimum atomic E-state index is -1.22.